The SMILES string of the molecule is COc1cccc(/C=C2\SC(=S)N(CCC(=O)O)C2=O)c1OC(C)C. The maximum Gasteiger partial charge on any atom is 0.305 e. The second-order valence-corrected chi connectivity index (χ2v) is 7.20. The summed E-state index contributed by atoms with van der Waals surface area (Å²) in [6.45, 7) is 3.87. The average molecular weight is 381 g/mol. The third-order valence-corrected chi connectivity index (χ3v) is 4.67. The van der Waals surface area contributed by atoms with Gasteiger partial charge in [-0.2, -0.15) is 0 Å². The van der Waals surface area contributed by atoms with E-state index in [-0.39, 0.29) is 25.0 Å². The molecule has 1 aromatic rings. The van der Waals surface area contributed by atoms with Crippen LogP contribution in [-0.2, 0) is 9.59 Å². The lowest BCUT2D eigenvalue weighted by atomic mass is 10.1. The molecule has 1 fully saturated rings. The molecular formula is C17H19NO5S2. The van der Waals surface area contributed by atoms with Gasteiger partial charge in [0.2, 0.25) is 0 Å². The highest BCUT2D eigenvalue weighted by atomic mass is 32.2. The lowest BCUT2D eigenvalue weighted by molar-refractivity contribution is -0.137. The Bertz CT molecular complexity index is 730. The van der Waals surface area contributed by atoms with Crippen molar-refractivity contribution in [1.82, 2.24) is 4.90 Å². The van der Waals surface area contributed by atoms with Gasteiger partial charge in [-0.15, -0.1) is 0 Å². The molecule has 8 heteroatoms. The zero-order chi connectivity index (χ0) is 18.6. The molecule has 134 valence electrons. The molecule has 0 aliphatic carbocycles. The Morgan fingerprint density at radius 3 is 2.76 bits per heavy atom. The van der Waals surface area contributed by atoms with Gasteiger partial charge < -0.3 is 14.6 Å². The monoisotopic (exact) mass is 381 g/mol. The number of carboxylic acids is 1. The standard InChI is InChI=1S/C17H19NO5S2/c1-10(2)23-15-11(5-4-6-12(15)22-3)9-13-16(21)18(17(24)25-13)8-7-14(19)20/h4-6,9-10H,7-8H2,1-3H3,(H,19,20)/b13-9-. The van der Waals surface area contributed by atoms with E-state index >= 15 is 0 Å². The van der Waals surface area contributed by atoms with Crippen molar-refractivity contribution in [2.75, 3.05) is 13.7 Å². The summed E-state index contributed by atoms with van der Waals surface area (Å²) in [5, 5.41) is 8.79. The van der Waals surface area contributed by atoms with Gasteiger partial charge in [0.25, 0.3) is 5.91 Å². The number of para-hydroxylation sites is 1. The summed E-state index contributed by atoms with van der Waals surface area (Å²) in [7, 11) is 1.55. The molecule has 6 nitrogen and oxygen atoms in total. The van der Waals surface area contributed by atoms with Crippen molar-refractivity contribution in [2.24, 2.45) is 0 Å². The van der Waals surface area contributed by atoms with Gasteiger partial charge in [-0.3, -0.25) is 14.5 Å². The van der Waals surface area contributed by atoms with Crippen LogP contribution in [0.25, 0.3) is 6.08 Å². The van der Waals surface area contributed by atoms with Crippen LogP contribution < -0.4 is 9.47 Å². The number of thioether (sulfide) groups is 1. The number of ether oxygens (including phenoxy) is 2. The first-order valence-corrected chi connectivity index (χ1v) is 8.86. The number of benzene rings is 1. The normalized spacial score (nSPS) is 16.0. The summed E-state index contributed by atoms with van der Waals surface area (Å²) in [5.74, 6) is -0.146. The summed E-state index contributed by atoms with van der Waals surface area (Å²) in [4.78, 5) is 25.0. The quantitative estimate of drug-likeness (QED) is 0.574. The van der Waals surface area contributed by atoms with Crippen molar-refractivity contribution in [3.63, 3.8) is 0 Å². The number of carbonyl (C=O) groups is 2. The van der Waals surface area contributed by atoms with Gasteiger partial charge in [-0.05, 0) is 26.0 Å². The maximum atomic E-state index is 12.5. The molecule has 1 aliphatic heterocycles. The Morgan fingerprint density at radius 2 is 2.16 bits per heavy atom. The van der Waals surface area contributed by atoms with Crippen molar-refractivity contribution >= 4 is 46.3 Å². The number of hydrogen-bond donors (Lipinski definition) is 1. The number of carboxylic acid groups (broad SMARTS) is 1. The molecule has 1 heterocycles. The number of rotatable bonds is 7. The molecule has 1 aromatic carbocycles. The Kier molecular flexibility index (Phi) is 6.44. The predicted molar refractivity (Wildman–Crippen MR) is 101 cm³/mol. The van der Waals surface area contributed by atoms with Gasteiger partial charge in [0.05, 0.1) is 24.5 Å². The zero-order valence-electron chi connectivity index (χ0n) is 14.1. The molecule has 1 amide bonds. The second-order valence-electron chi connectivity index (χ2n) is 5.52. The largest absolute Gasteiger partial charge is 0.493 e. The van der Waals surface area contributed by atoms with Gasteiger partial charge in [-0.25, -0.2) is 0 Å². The average Bonchev–Trinajstić information content (AvgIpc) is 2.80. The highest BCUT2D eigenvalue weighted by molar-refractivity contribution is 8.26. The van der Waals surface area contributed by atoms with E-state index in [0.29, 0.717) is 26.3 Å². The highest BCUT2D eigenvalue weighted by Crippen LogP contribution is 2.37. The molecule has 0 radical (unpaired) electrons. The molecule has 25 heavy (non-hydrogen) atoms. The zero-order valence-corrected chi connectivity index (χ0v) is 15.8. The second kappa shape index (κ2) is 8.35. The van der Waals surface area contributed by atoms with Crippen LogP contribution in [0.3, 0.4) is 0 Å². The fourth-order valence-electron chi connectivity index (χ4n) is 2.21. The lowest BCUT2D eigenvalue weighted by Gasteiger charge is -2.16. The summed E-state index contributed by atoms with van der Waals surface area (Å²) >= 11 is 6.34. The van der Waals surface area contributed by atoms with Crippen LogP contribution in [0.5, 0.6) is 11.5 Å². The molecular weight excluding hydrogens is 362 g/mol. The number of carbonyl (C=O) groups excluding carboxylic acids is 1. The van der Waals surface area contributed by atoms with E-state index in [1.165, 1.54) is 4.90 Å². The van der Waals surface area contributed by atoms with Gasteiger partial charge in [0, 0.05) is 12.1 Å². The third kappa shape index (κ3) is 4.73. The number of nitrogens with zero attached hydrogens (tertiary/aromatic N) is 1. The number of amides is 1. The van der Waals surface area contributed by atoms with Crippen molar-refractivity contribution in [1.29, 1.82) is 0 Å². The van der Waals surface area contributed by atoms with E-state index in [9.17, 15) is 9.59 Å². The first-order valence-electron chi connectivity index (χ1n) is 7.64. The minimum Gasteiger partial charge on any atom is -0.493 e. The van der Waals surface area contributed by atoms with Gasteiger partial charge in [0.1, 0.15) is 4.32 Å². The molecule has 0 atom stereocenters. The van der Waals surface area contributed by atoms with Crippen LogP contribution in [0.2, 0.25) is 0 Å². The van der Waals surface area contributed by atoms with E-state index in [0.717, 1.165) is 11.8 Å². The van der Waals surface area contributed by atoms with Crippen LogP contribution >= 0.6 is 24.0 Å². The number of methoxy groups -OCH3 is 1. The van der Waals surface area contributed by atoms with Crippen LogP contribution in [0.4, 0.5) is 0 Å². The Balaban J connectivity index is 2.33. The minimum absolute atomic E-state index is 0.0603. The van der Waals surface area contributed by atoms with Gasteiger partial charge in [0.15, 0.2) is 11.5 Å². The number of thiocarbonyl (C=S) groups is 1. The van der Waals surface area contributed by atoms with E-state index in [2.05, 4.69) is 0 Å². The van der Waals surface area contributed by atoms with Crippen LogP contribution in [0.15, 0.2) is 23.1 Å². The van der Waals surface area contributed by atoms with Crippen molar-refractivity contribution in [2.45, 2.75) is 26.4 Å². The van der Waals surface area contributed by atoms with Crippen LogP contribution in [0, 0.1) is 0 Å². The van der Waals surface area contributed by atoms with Crippen LogP contribution in [-0.4, -0.2) is 46.0 Å². The van der Waals surface area contributed by atoms with E-state index in [1.54, 1.807) is 19.3 Å². The topological polar surface area (TPSA) is 76.1 Å². The third-order valence-electron chi connectivity index (χ3n) is 3.29. The first-order chi connectivity index (χ1) is 11.8. The van der Waals surface area contributed by atoms with E-state index in [1.807, 2.05) is 26.0 Å². The Labute approximate surface area is 155 Å². The molecule has 0 saturated carbocycles. The minimum atomic E-state index is -0.974. The first kappa shape index (κ1) is 19.3. The maximum absolute atomic E-state index is 12.5. The summed E-state index contributed by atoms with van der Waals surface area (Å²) in [6, 6.07) is 5.42. The van der Waals surface area contributed by atoms with Gasteiger partial charge >= 0.3 is 5.97 Å². The van der Waals surface area contributed by atoms with Crippen molar-refractivity contribution in [3.05, 3.63) is 28.7 Å². The molecule has 2 rings (SSSR count). The number of hydrogen-bond acceptors (Lipinski definition) is 6. The van der Waals surface area contributed by atoms with Crippen molar-refractivity contribution in [3.8, 4) is 11.5 Å². The van der Waals surface area contributed by atoms with Crippen LogP contribution in [0.1, 0.15) is 25.8 Å². The fourth-order valence-corrected chi connectivity index (χ4v) is 3.51. The fraction of sp³-hybridized carbons (Fsp3) is 0.353. The Morgan fingerprint density at radius 1 is 1.44 bits per heavy atom. The molecule has 1 aliphatic rings. The molecule has 0 aromatic heterocycles. The molecule has 1 N–H and O–H groups in total. The summed E-state index contributed by atoms with van der Waals surface area (Å²) in [5.41, 5.74) is 0.701. The summed E-state index contributed by atoms with van der Waals surface area (Å²) < 4.78 is 11.5. The van der Waals surface area contributed by atoms with Crippen molar-refractivity contribution < 1.29 is 24.2 Å². The molecule has 0 bridgehead atoms. The van der Waals surface area contributed by atoms with Gasteiger partial charge in [-0.1, -0.05) is 36.1 Å². The number of aliphatic carboxylic acids is 1. The Hall–Kier alpha value is -2.06. The summed E-state index contributed by atoms with van der Waals surface area (Å²) in [6.07, 6.45) is 1.48. The smallest absolute Gasteiger partial charge is 0.305 e. The highest BCUT2D eigenvalue weighted by Gasteiger charge is 2.32. The predicted octanol–water partition coefficient (Wildman–Crippen LogP) is 3.16. The van der Waals surface area contributed by atoms with E-state index < -0.39 is 5.97 Å². The molecule has 1 saturated heterocycles. The van der Waals surface area contributed by atoms with E-state index in [4.69, 9.17) is 26.8 Å². The lowest BCUT2D eigenvalue weighted by Crippen LogP contribution is -2.30. The molecule has 0 unspecified atom stereocenters. The molecule has 0 spiro atoms.